The summed E-state index contributed by atoms with van der Waals surface area (Å²) in [5.41, 5.74) is 1.16. The molecule has 0 N–H and O–H groups in total. The van der Waals surface area contributed by atoms with Crippen LogP contribution in [0.3, 0.4) is 0 Å². The predicted octanol–water partition coefficient (Wildman–Crippen LogP) is 2.19. The van der Waals surface area contributed by atoms with Crippen molar-refractivity contribution in [3.05, 3.63) is 35.4 Å². The van der Waals surface area contributed by atoms with Gasteiger partial charge in [0.15, 0.2) is 0 Å². The third kappa shape index (κ3) is 5.68. The van der Waals surface area contributed by atoms with Crippen LogP contribution in [0.4, 0.5) is 4.79 Å². The Labute approximate surface area is 116 Å². The van der Waals surface area contributed by atoms with Gasteiger partial charge in [-0.3, -0.25) is 4.89 Å². The van der Waals surface area contributed by atoms with Crippen LogP contribution in [-0.4, -0.2) is 31.9 Å². The van der Waals surface area contributed by atoms with Crippen LogP contribution in [0, 0.1) is 6.92 Å². The van der Waals surface area contributed by atoms with E-state index in [9.17, 15) is 9.59 Å². The fraction of sp³-hybridized carbons (Fsp3) is 0.385. The van der Waals surface area contributed by atoms with Crippen molar-refractivity contribution in [3.63, 3.8) is 0 Å². The molecular formula is C13H16O7. The van der Waals surface area contributed by atoms with Gasteiger partial charge in [0.2, 0.25) is 0 Å². The Morgan fingerprint density at radius 2 is 2.00 bits per heavy atom. The first-order valence-corrected chi connectivity index (χ1v) is 5.84. The van der Waals surface area contributed by atoms with E-state index in [1.165, 1.54) is 13.2 Å². The van der Waals surface area contributed by atoms with Crippen molar-refractivity contribution < 1.29 is 33.9 Å². The van der Waals surface area contributed by atoms with Crippen LogP contribution in [0.1, 0.15) is 22.8 Å². The predicted molar refractivity (Wildman–Crippen MR) is 66.6 cm³/mol. The zero-order chi connectivity index (χ0) is 15.0. The second-order valence-electron chi connectivity index (χ2n) is 4.03. The zero-order valence-electron chi connectivity index (χ0n) is 11.5. The van der Waals surface area contributed by atoms with E-state index in [2.05, 4.69) is 14.8 Å². The largest absolute Gasteiger partial charge is 0.543 e. The van der Waals surface area contributed by atoms with Crippen LogP contribution in [0.25, 0.3) is 0 Å². The number of methoxy groups -OCH3 is 1. The topological polar surface area (TPSA) is 80.3 Å². The number of carbonyl (C=O) groups excluding carboxylic acids is 2. The Kier molecular flexibility index (Phi) is 6.48. The fourth-order valence-corrected chi connectivity index (χ4v) is 1.35. The molecule has 1 unspecified atom stereocenters. The summed E-state index contributed by atoms with van der Waals surface area (Å²) in [5, 5.41) is 4.07. The van der Waals surface area contributed by atoms with Crippen molar-refractivity contribution >= 4 is 12.1 Å². The lowest BCUT2D eigenvalue weighted by atomic mass is 10.1. The van der Waals surface area contributed by atoms with E-state index in [1.807, 2.05) is 13.0 Å². The molecule has 1 aromatic carbocycles. The summed E-state index contributed by atoms with van der Waals surface area (Å²) in [6.07, 6.45) is -1.64. The summed E-state index contributed by atoms with van der Waals surface area (Å²) in [5.74, 6) is -0.786. The minimum absolute atomic E-state index is 0.207. The molecule has 20 heavy (non-hydrogen) atoms. The molecule has 7 nitrogen and oxygen atoms in total. The van der Waals surface area contributed by atoms with E-state index in [1.54, 1.807) is 19.1 Å². The van der Waals surface area contributed by atoms with Gasteiger partial charge in [0.25, 0.3) is 0 Å². The van der Waals surface area contributed by atoms with E-state index in [0.29, 0.717) is 0 Å². The van der Waals surface area contributed by atoms with Crippen LogP contribution in [0.2, 0.25) is 0 Å². The van der Waals surface area contributed by atoms with Crippen molar-refractivity contribution in [2.75, 3.05) is 13.7 Å². The number of hydrogen-bond donors (Lipinski definition) is 0. The Bertz CT molecular complexity index is 458. The molecule has 0 aliphatic heterocycles. The van der Waals surface area contributed by atoms with Crippen molar-refractivity contribution in [2.24, 2.45) is 0 Å². The highest BCUT2D eigenvalue weighted by Gasteiger charge is 2.14. The molecule has 0 amide bonds. The summed E-state index contributed by atoms with van der Waals surface area (Å²) >= 11 is 0. The fourth-order valence-electron chi connectivity index (χ4n) is 1.35. The summed E-state index contributed by atoms with van der Waals surface area (Å²) in [6.45, 7) is 3.63. The average Bonchev–Trinajstić information content (AvgIpc) is 2.38. The SMILES string of the molecule is COCC(C)OC(=O)OOOC(=O)c1cccc(C)c1. The van der Waals surface area contributed by atoms with Gasteiger partial charge in [-0.15, -0.1) is 0 Å². The molecule has 1 atom stereocenters. The molecule has 0 aliphatic carbocycles. The summed E-state index contributed by atoms with van der Waals surface area (Å²) in [6, 6.07) is 6.65. The molecule has 0 radical (unpaired) electrons. The van der Waals surface area contributed by atoms with Gasteiger partial charge < -0.3 is 9.47 Å². The molecule has 0 heterocycles. The Hall–Kier alpha value is -2.12. The van der Waals surface area contributed by atoms with Gasteiger partial charge in [-0.25, -0.2) is 14.5 Å². The molecule has 1 rings (SSSR count). The second kappa shape index (κ2) is 8.13. The van der Waals surface area contributed by atoms with E-state index < -0.39 is 18.2 Å². The summed E-state index contributed by atoms with van der Waals surface area (Å²) in [7, 11) is 1.46. The summed E-state index contributed by atoms with van der Waals surface area (Å²) < 4.78 is 9.45. The maximum Gasteiger partial charge on any atom is 0.543 e. The van der Waals surface area contributed by atoms with Crippen molar-refractivity contribution in [3.8, 4) is 0 Å². The number of benzene rings is 1. The second-order valence-corrected chi connectivity index (χ2v) is 4.03. The first kappa shape index (κ1) is 15.9. The number of carbonyl (C=O) groups is 2. The standard InChI is InChI=1S/C13H16O7/c1-9-5-4-6-11(7-9)12(14)18-20-19-13(15)17-10(2)8-16-3/h4-7,10H,8H2,1-3H3. The quantitative estimate of drug-likeness (QED) is 0.450. The third-order valence-electron chi connectivity index (χ3n) is 2.16. The maximum atomic E-state index is 11.5. The molecule has 0 saturated carbocycles. The minimum Gasteiger partial charge on any atom is -0.427 e. The van der Waals surface area contributed by atoms with E-state index in [4.69, 9.17) is 9.47 Å². The summed E-state index contributed by atoms with van der Waals surface area (Å²) in [4.78, 5) is 31.0. The van der Waals surface area contributed by atoms with Gasteiger partial charge >= 0.3 is 12.1 Å². The van der Waals surface area contributed by atoms with Crippen molar-refractivity contribution in [1.29, 1.82) is 0 Å². The number of rotatable bonds is 6. The molecule has 0 bridgehead atoms. The van der Waals surface area contributed by atoms with Gasteiger partial charge in [0.05, 0.1) is 17.2 Å². The van der Waals surface area contributed by atoms with Gasteiger partial charge in [-0.2, -0.15) is 0 Å². The lowest BCUT2D eigenvalue weighted by Gasteiger charge is -2.10. The molecular weight excluding hydrogens is 268 g/mol. The highest BCUT2D eigenvalue weighted by molar-refractivity contribution is 5.89. The third-order valence-corrected chi connectivity index (χ3v) is 2.16. The minimum atomic E-state index is -1.13. The smallest absolute Gasteiger partial charge is 0.427 e. The molecule has 7 heteroatoms. The van der Waals surface area contributed by atoms with Crippen LogP contribution in [-0.2, 0) is 24.3 Å². The van der Waals surface area contributed by atoms with E-state index in [-0.39, 0.29) is 12.2 Å². The molecule has 0 aliphatic rings. The highest BCUT2D eigenvalue weighted by Crippen LogP contribution is 2.06. The first-order valence-electron chi connectivity index (χ1n) is 5.84. The van der Waals surface area contributed by atoms with E-state index in [0.717, 1.165) is 5.56 Å². The van der Waals surface area contributed by atoms with E-state index >= 15 is 0 Å². The van der Waals surface area contributed by atoms with Crippen molar-refractivity contribution in [2.45, 2.75) is 20.0 Å². The molecule has 1 aromatic rings. The van der Waals surface area contributed by atoms with Crippen LogP contribution < -0.4 is 0 Å². The highest BCUT2D eigenvalue weighted by atomic mass is 17.5. The number of aryl methyl sites for hydroxylation is 1. The first-order chi connectivity index (χ1) is 9.52. The van der Waals surface area contributed by atoms with Crippen LogP contribution in [0.15, 0.2) is 24.3 Å². The average molecular weight is 284 g/mol. The number of ether oxygens (including phenoxy) is 2. The maximum absolute atomic E-state index is 11.5. The van der Waals surface area contributed by atoms with Gasteiger partial charge in [0.1, 0.15) is 6.10 Å². The number of hydrogen-bond acceptors (Lipinski definition) is 7. The Balaban J connectivity index is 2.30. The zero-order valence-corrected chi connectivity index (χ0v) is 11.5. The van der Waals surface area contributed by atoms with Crippen LogP contribution in [0.5, 0.6) is 0 Å². The van der Waals surface area contributed by atoms with Gasteiger partial charge in [0, 0.05) is 7.11 Å². The Morgan fingerprint density at radius 1 is 1.25 bits per heavy atom. The normalized spacial score (nSPS) is 11.6. The molecule has 110 valence electrons. The van der Waals surface area contributed by atoms with Crippen molar-refractivity contribution in [1.82, 2.24) is 0 Å². The lowest BCUT2D eigenvalue weighted by molar-refractivity contribution is -0.453. The molecule has 0 spiro atoms. The Morgan fingerprint density at radius 3 is 2.65 bits per heavy atom. The lowest BCUT2D eigenvalue weighted by Crippen LogP contribution is -2.21. The molecule has 0 saturated heterocycles. The molecule has 0 aromatic heterocycles. The van der Waals surface area contributed by atoms with Gasteiger partial charge in [-0.05, 0) is 26.0 Å². The molecule has 0 fully saturated rings. The monoisotopic (exact) mass is 284 g/mol. The van der Waals surface area contributed by atoms with Crippen LogP contribution >= 0.6 is 0 Å². The van der Waals surface area contributed by atoms with Gasteiger partial charge in [-0.1, -0.05) is 17.7 Å².